The zero-order valence-corrected chi connectivity index (χ0v) is 7.30. The standard InChI is InChI=1S/C9H14O3/c1-8(5-12-6-8)9(7(10)11)3-2-4-9/h2-6H2,1H3,(H,10,11). The number of carbonyl (C=O) groups is 1. The third-order valence-corrected chi connectivity index (χ3v) is 3.61. The van der Waals surface area contributed by atoms with Crippen molar-refractivity contribution in [2.24, 2.45) is 10.8 Å². The Labute approximate surface area is 71.7 Å². The van der Waals surface area contributed by atoms with Crippen molar-refractivity contribution in [2.75, 3.05) is 13.2 Å². The van der Waals surface area contributed by atoms with Crippen LogP contribution in [-0.2, 0) is 9.53 Å². The smallest absolute Gasteiger partial charge is 0.310 e. The molecule has 0 amide bonds. The summed E-state index contributed by atoms with van der Waals surface area (Å²) in [6.07, 6.45) is 2.73. The summed E-state index contributed by atoms with van der Waals surface area (Å²) in [5.41, 5.74) is -0.539. The van der Waals surface area contributed by atoms with E-state index in [2.05, 4.69) is 0 Å². The highest BCUT2D eigenvalue weighted by atomic mass is 16.5. The molecule has 0 aromatic heterocycles. The molecule has 0 bridgehead atoms. The van der Waals surface area contributed by atoms with Crippen LogP contribution in [-0.4, -0.2) is 24.3 Å². The van der Waals surface area contributed by atoms with Crippen LogP contribution < -0.4 is 0 Å². The highest BCUT2D eigenvalue weighted by Crippen LogP contribution is 2.57. The Morgan fingerprint density at radius 2 is 2.00 bits per heavy atom. The van der Waals surface area contributed by atoms with Gasteiger partial charge >= 0.3 is 5.97 Å². The molecule has 0 aromatic carbocycles. The molecule has 1 N–H and O–H groups in total. The van der Waals surface area contributed by atoms with Crippen molar-refractivity contribution in [1.29, 1.82) is 0 Å². The van der Waals surface area contributed by atoms with E-state index in [0.717, 1.165) is 19.3 Å². The van der Waals surface area contributed by atoms with Gasteiger partial charge in [-0.2, -0.15) is 0 Å². The predicted molar refractivity (Wildman–Crippen MR) is 42.8 cm³/mol. The summed E-state index contributed by atoms with van der Waals surface area (Å²) in [5.74, 6) is -0.625. The maximum atomic E-state index is 11.1. The summed E-state index contributed by atoms with van der Waals surface area (Å²) in [6.45, 7) is 3.28. The Kier molecular flexibility index (Phi) is 1.49. The SMILES string of the molecule is CC1(C2(C(=O)O)CCC2)COC1. The molecule has 2 fully saturated rings. The third-order valence-electron chi connectivity index (χ3n) is 3.61. The number of aliphatic carboxylic acids is 1. The van der Waals surface area contributed by atoms with Crippen LogP contribution in [0.15, 0.2) is 0 Å². The normalized spacial score (nSPS) is 30.1. The average molecular weight is 170 g/mol. The van der Waals surface area contributed by atoms with Crippen LogP contribution in [0.3, 0.4) is 0 Å². The van der Waals surface area contributed by atoms with Crippen LogP contribution >= 0.6 is 0 Å². The van der Waals surface area contributed by atoms with Crippen molar-refractivity contribution in [3.05, 3.63) is 0 Å². The molecule has 1 saturated heterocycles. The van der Waals surface area contributed by atoms with Crippen LogP contribution in [0.25, 0.3) is 0 Å². The molecule has 1 aliphatic carbocycles. The van der Waals surface area contributed by atoms with Gasteiger partial charge in [-0.05, 0) is 12.8 Å². The number of carboxylic acid groups (broad SMARTS) is 1. The van der Waals surface area contributed by atoms with E-state index in [0.29, 0.717) is 13.2 Å². The third kappa shape index (κ3) is 0.724. The lowest BCUT2D eigenvalue weighted by molar-refractivity contribution is -0.215. The number of hydrogen-bond donors (Lipinski definition) is 1. The summed E-state index contributed by atoms with van der Waals surface area (Å²) < 4.78 is 5.11. The van der Waals surface area contributed by atoms with E-state index in [1.807, 2.05) is 6.92 Å². The van der Waals surface area contributed by atoms with Gasteiger partial charge in [0.15, 0.2) is 0 Å². The van der Waals surface area contributed by atoms with Crippen molar-refractivity contribution in [3.8, 4) is 0 Å². The van der Waals surface area contributed by atoms with E-state index in [1.165, 1.54) is 0 Å². The summed E-state index contributed by atoms with van der Waals surface area (Å²) >= 11 is 0. The van der Waals surface area contributed by atoms with E-state index in [4.69, 9.17) is 9.84 Å². The first kappa shape index (κ1) is 8.05. The quantitative estimate of drug-likeness (QED) is 0.679. The minimum absolute atomic E-state index is 0.0862. The van der Waals surface area contributed by atoms with Gasteiger partial charge in [0.2, 0.25) is 0 Å². The molecule has 0 unspecified atom stereocenters. The molecule has 0 spiro atoms. The van der Waals surface area contributed by atoms with Gasteiger partial charge in [-0.3, -0.25) is 4.79 Å². The van der Waals surface area contributed by atoms with Crippen LogP contribution in [0.4, 0.5) is 0 Å². The monoisotopic (exact) mass is 170 g/mol. The van der Waals surface area contributed by atoms with Crippen molar-refractivity contribution < 1.29 is 14.6 Å². The Hall–Kier alpha value is -0.570. The lowest BCUT2D eigenvalue weighted by Gasteiger charge is -2.55. The predicted octanol–water partition coefficient (Wildman–Crippen LogP) is 1.28. The lowest BCUT2D eigenvalue weighted by atomic mass is 9.52. The largest absolute Gasteiger partial charge is 0.481 e. The van der Waals surface area contributed by atoms with Crippen molar-refractivity contribution in [1.82, 2.24) is 0 Å². The maximum Gasteiger partial charge on any atom is 0.310 e. The molecule has 3 nitrogen and oxygen atoms in total. The Morgan fingerprint density at radius 3 is 2.08 bits per heavy atom. The fourth-order valence-corrected chi connectivity index (χ4v) is 2.29. The molecule has 2 rings (SSSR count). The van der Waals surface area contributed by atoms with Gasteiger partial charge in [0, 0.05) is 5.41 Å². The zero-order chi connectivity index (χ0) is 8.82. The second kappa shape index (κ2) is 2.22. The molecule has 0 aromatic rings. The van der Waals surface area contributed by atoms with E-state index in [9.17, 15) is 4.79 Å². The second-order valence-corrected chi connectivity index (χ2v) is 4.29. The fourth-order valence-electron chi connectivity index (χ4n) is 2.29. The number of rotatable bonds is 2. The summed E-state index contributed by atoms with van der Waals surface area (Å²) in [4.78, 5) is 11.1. The zero-order valence-electron chi connectivity index (χ0n) is 7.30. The van der Waals surface area contributed by atoms with Crippen LogP contribution in [0, 0.1) is 10.8 Å². The van der Waals surface area contributed by atoms with Crippen molar-refractivity contribution in [2.45, 2.75) is 26.2 Å². The molecular weight excluding hydrogens is 156 g/mol. The minimum Gasteiger partial charge on any atom is -0.481 e. The Morgan fingerprint density at radius 1 is 1.42 bits per heavy atom. The van der Waals surface area contributed by atoms with Crippen molar-refractivity contribution in [3.63, 3.8) is 0 Å². The maximum absolute atomic E-state index is 11.1. The summed E-state index contributed by atoms with van der Waals surface area (Å²) in [6, 6.07) is 0. The molecule has 0 radical (unpaired) electrons. The van der Waals surface area contributed by atoms with Gasteiger partial charge in [0.25, 0.3) is 0 Å². The molecule has 3 heteroatoms. The molecule has 1 heterocycles. The lowest BCUT2D eigenvalue weighted by Crippen LogP contribution is -2.60. The van der Waals surface area contributed by atoms with Crippen molar-refractivity contribution >= 4 is 5.97 Å². The topological polar surface area (TPSA) is 46.5 Å². The van der Waals surface area contributed by atoms with Crippen LogP contribution in [0.1, 0.15) is 26.2 Å². The average Bonchev–Trinajstić information content (AvgIpc) is 1.80. The Bertz CT molecular complexity index is 214. The van der Waals surface area contributed by atoms with Crippen LogP contribution in [0.5, 0.6) is 0 Å². The van der Waals surface area contributed by atoms with Gasteiger partial charge in [0.05, 0.1) is 18.6 Å². The van der Waals surface area contributed by atoms with Gasteiger partial charge in [-0.15, -0.1) is 0 Å². The molecule has 12 heavy (non-hydrogen) atoms. The first-order chi connectivity index (χ1) is 5.61. The number of hydrogen-bond acceptors (Lipinski definition) is 2. The van der Waals surface area contributed by atoms with Gasteiger partial charge < -0.3 is 9.84 Å². The van der Waals surface area contributed by atoms with E-state index in [-0.39, 0.29) is 5.41 Å². The molecule has 1 aliphatic heterocycles. The minimum atomic E-state index is -0.625. The number of ether oxygens (including phenoxy) is 1. The molecule has 0 atom stereocenters. The van der Waals surface area contributed by atoms with Gasteiger partial charge in [0.1, 0.15) is 0 Å². The van der Waals surface area contributed by atoms with Gasteiger partial charge in [-0.25, -0.2) is 0 Å². The first-order valence-electron chi connectivity index (χ1n) is 4.42. The molecule has 68 valence electrons. The number of carboxylic acids is 1. The fraction of sp³-hybridized carbons (Fsp3) is 0.889. The highest BCUT2D eigenvalue weighted by Gasteiger charge is 2.60. The summed E-state index contributed by atoms with van der Waals surface area (Å²) in [5, 5.41) is 9.13. The van der Waals surface area contributed by atoms with E-state index >= 15 is 0 Å². The highest BCUT2D eigenvalue weighted by molar-refractivity contribution is 5.77. The Balaban J connectivity index is 2.21. The second-order valence-electron chi connectivity index (χ2n) is 4.29. The van der Waals surface area contributed by atoms with E-state index < -0.39 is 11.4 Å². The molecule has 1 saturated carbocycles. The molecule has 2 aliphatic rings. The molecular formula is C9H14O3. The van der Waals surface area contributed by atoms with Crippen LogP contribution in [0.2, 0.25) is 0 Å². The van der Waals surface area contributed by atoms with Gasteiger partial charge in [-0.1, -0.05) is 13.3 Å². The summed E-state index contributed by atoms with van der Waals surface area (Å²) in [7, 11) is 0. The van der Waals surface area contributed by atoms with E-state index in [1.54, 1.807) is 0 Å². The first-order valence-corrected chi connectivity index (χ1v) is 4.42.